The van der Waals surface area contributed by atoms with E-state index in [0.717, 1.165) is 5.56 Å². The van der Waals surface area contributed by atoms with Crippen molar-refractivity contribution in [3.63, 3.8) is 0 Å². The molecule has 0 fully saturated rings. The first-order valence-electron chi connectivity index (χ1n) is 10.0. The van der Waals surface area contributed by atoms with Gasteiger partial charge in [-0.25, -0.2) is 10.2 Å². The highest BCUT2D eigenvalue weighted by atomic mass is 16.5. The van der Waals surface area contributed by atoms with Gasteiger partial charge in [0.25, 0.3) is 0 Å². The Balaban J connectivity index is 1.55. The number of benzene rings is 3. The number of hydrogen-bond acceptors (Lipinski definition) is 6. The lowest BCUT2D eigenvalue weighted by atomic mass is 10.1. The molecule has 8 heteroatoms. The number of anilines is 1. The van der Waals surface area contributed by atoms with Crippen molar-refractivity contribution in [2.24, 2.45) is 5.10 Å². The van der Waals surface area contributed by atoms with Crippen LogP contribution in [0.4, 0.5) is 5.69 Å². The summed E-state index contributed by atoms with van der Waals surface area (Å²) in [5.41, 5.74) is 5.26. The highest BCUT2D eigenvalue weighted by Crippen LogP contribution is 2.16. The number of ether oxygens (including phenoxy) is 2. The minimum Gasteiger partial charge on any atom is -0.497 e. The second-order valence-electron chi connectivity index (χ2n) is 7.10. The molecule has 0 saturated carbocycles. The van der Waals surface area contributed by atoms with Gasteiger partial charge in [0.05, 0.1) is 18.4 Å². The molecule has 0 aliphatic heterocycles. The number of carbonyl (C=O) groups is 3. The standard InChI is InChI=1S/C25H23N3O5/c1-16-5-4-6-19(15-16)25(31)33-22-11-7-18(8-12-22)17(2)27-28-24(30)23(29)26-20-9-13-21(32-3)14-10-20/h4-15H,1-3H3,(H,26,29)(H,28,30). The average Bonchev–Trinajstić information content (AvgIpc) is 2.83. The second-order valence-corrected chi connectivity index (χ2v) is 7.10. The summed E-state index contributed by atoms with van der Waals surface area (Å²) in [5, 5.41) is 6.44. The Kier molecular flexibility index (Phi) is 7.54. The van der Waals surface area contributed by atoms with Crippen LogP contribution in [0, 0.1) is 6.92 Å². The van der Waals surface area contributed by atoms with Crippen molar-refractivity contribution in [3.8, 4) is 11.5 Å². The number of methoxy groups -OCH3 is 1. The molecule has 3 aromatic rings. The molecule has 33 heavy (non-hydrogen) atoms. The minimum absolute atomic E-state index is 0.376. The zero-order chi connectivity index (χ0) is 23.8. The zero-order valence-electron chi connectivity index (χ0n) is 18.4. The molecular formula is C25H23N3O5. The van der Waals surface area contributed by atoms with Crippen molar-refractivity contribution < 1.29 is 23.9 Å². The monoisotopic (exact) mass is 445 g/mol. The van der Waals surface area contributed by atoms with E-state index < -0.39 is 17.8 Å². The Bertz CT molecular complexity index is 1190. The molecule has 0 unspecified atom stereocenters. The van der Waals surface area contributed by atoms with E-state index in [1.165, 1.54) is 7.11 Å². The number of hydrazone groups is 1. The van der Waals surface area contributed by atoms with Crippen LogP contribution in [-0.4, -0.2) is 30.6 Å². The number of rotatable bonds is 6. The Hall–Kier alpha value is -4.46. The SMILES string of the molecule is COc1ccc(NC(=O)C(=O)NN=C(C)c2ccc(OC(=O)c3cccc(C)c3)cc2)cc1. The van der Waals surface area contributed by atoms with Gasteiger partial charge >= 0.3 is 17.8 Å². The summed E-state index contributed by atoms with van der Waals surface area (Å²) in [5.74, 6) is -1.20. The molecule has 2 amide bonds. The number of nitrogens with zero attached hydrogens (tertiary/aromatic N) is 1. The topological polar surface area (TPSA) is 106 Å². The van der Waals surface area contributed by atoms with E-state index in [0.29, 0.717) is 34.0 Å². The van der Waals surface area contributed by atoms with Gasteiger partial charge in [-0.15, -0.1) is 0 Å². The van der Waals surface area contributed by atoms with Crippen molar-refractivity contribution >= 4 is 29.2 Å². The fourth-order valence-corrected chi connectivity index (χ4v) is 2.81. The Morgan fingerprint density at radius 2 is 1.48 bits per heavy atom. The van der Waals surface area contributed by atoms with Crippen molar-refractivity contribution in [1.82, 2.24) is 5.43 Å². The van der Waals surface area contributed by atoms with Crippen molar-refractivity contribution in [3.05, 3.63) is 89.5 Å². The largest absolute Gasteiger partial charge is 0.497 e. The van der Waals surface area contributed by atoms with Crippen molar-refractivity contribution in [2.45, 2.75) is 13.8 Å². The van der Waals surface area contributed by atoms with Gasteiger partial charge in [0.1, 0.15) is 11.5 Å². The molecule has 0 saturated heterocycles. The highest BCUT2D eigenvalue weighted by Gasteiger charge is 2.14. The molecule has 0 aromatic heterocycles. The molecule has 3 rings (SSSR count). The van der Waals surface area contributed by atoms with Gasteiger partial charge in [0.15, 0.2) is 0 Å². The number of aryl methyl sites for hydroxylation is 1. The molecule has 0 aliphatic rings. The summed E-state index contributed by atoms with van der Waals surface area (Å²) >= 11 is 0. The number of hydrogen-bond donors (Lipinski definition) is 2. The summed E-state index contributed by atoms with van der Waals surface area (Å²) < 4.78 is 10.4. The van der Waals surface area contributed by atoms with Crippen LogP contribution in [0.3, 0.4) is 0 Å². The van der Waals surface area contributed by atoms with Gasteiger partial charge in [-0.2, -0.15) is 5.10 Å². The number of carbonyl (C=O) groups excluding carboxylic acids is 3. The summed E-state index contributed by atoms with van der Waals surface area (Å²) in [4.78, 5) is 36.3. The van der Waals surface area contributed by atoms with Gasteiger partial charge < -0.3 is 14.8 Å². The van der Waals surface area contributed by atoms with Crippen molar-refractivity contribution in [1.29, 1.82) is 0 Å². The van der Waals surface area contributed by atoms with Crippen LogP contribution in [0.25, 0.3) is 0 Å². The summed E-state index contributed by atoms with van der Waals surface area (Å²) in [6, 6.07) is 20.3. The number of amides is 2. The van der Waals surface area contributed by atoms with Gasteiger partial charge in [0.2, 0.25) is 0 Å². The lowest BCUT2D eigenvalue weighted by Gasteiger charge is -2.07. The predicted octanol–water partition coefficient (Wildman–Crippen LogP) is 3.70. The van der Waals surface area contributed by atoms with Crippen LogP contribution in [0.5, 0.6) is 11.5 Å². The lowest BCUT2D eigenvalue weighted by molar-refractivity contribution is -0.136. The first kappa shape index (κ1) is 23.2. The van der Waals surface area contributed by atoms with Crippen LogP contribution in [0.1, 0.15) is 28.4 Å². The molecule has 0 radical (unpaired) electrons. The molecule has 0 atom stereocenters. The first-order chi connectivity index (χ1) is 15.9. The maximum atomic E-state index is 12.3. The maximum Gasteiger partial charge on any atom is 0.343 e. The van der Waals surface area contributed by atoms with Gasteiger partial charge in [-0.3, -0.25) is 9.59 Å². The maximum absolute atomic E-state index is 12.3. The molecule has 0 heterocycles. The van der Waals surface area contributed by atoms with E-state index in [1.54, 1.807) is 73.7 Å². The van der Waals surface area contributed by atoms with Crippen LogP contribution >= 0.6 is 0 Å². The average molecular weight is 445 g/mol. The van der Waals surface area contributed by atoms with Crippen LogP contribution < -0.4 is 20.2 Å². The Labute approximate surface area is 191 Å². The lowest BCUT2D eigenvalue weighted by Crippen LogP contribution is -2.32. The quantitative estimate of drug-likeness (QED) is 0.198. The van der Waals surface area contributed by atoms with E-state index >= 15 is 0 Å². The number of nitrogens with one attached hydrogen (secondary N) is 2. The molecule has 168 valence electrons. The second kappa shape index (κ2) is 10.7. The van der Waals surface area contributed by atoms with E-state index in [1.807, 2.05) is 13.0 Å². The van der Waals surface area contributed by atoms with E-state index in [9.17, 15) is 14.4 Å². The predicted molar refractivity (Wildman–Crippen MR) is 125 cm³/mol. The molecule has 0 spiro atoms. The summed E-state index contributed by atoms with van der Waals surface area (Å²) in [7, 11) is 1.53. The third-order valence-corrected chi connectivity index (χ3v) is 4.62. The van der Waals surface area contributed by atoms with Crippen LogP contribution in [0.15, 0.2) is 77.9 Å². The summed E-state index contributed by atoms with van der Waals surface area (Å²) in [6.45, 7) is 3.57. The van der Waals surface area contributed by atoms with Gasteiger partial charge in [-0.1, -0.05) is 17.7 Å². The third-order valence-electron chi connectivity index (χ3n) is 4.62. The van der Waals surface area contributed by atoms with Crippen molar-refractivity contribution in [2.75, 3.05) is 12.4 Å². The van der Waals surface area contributed by atoms with E-state index in [4.69, 9.17) is 9.47 Å². The van der Waals surface area contributed by atoms with Crippen LogP contribution in [-0.2, 0) is 9.59 Å². The molecular weight excluding hydrogens is 422 g/mol. The molecule has 2 N–H and O–H groups in total. The molecule has 0 bridgehead atoms. The number of esters is 1. The minimum atomic E-state index is -0.908. The van der Waals surface area contributed by atoms with E-state index in [2.05, 4.69) is 15.8 Å². The first-order valence-corrected chi connectivity index (χ1v) is 10.0. The van der Waals surface area contributed by atoms with Crippen LogP contribution in [0.2, 0.25) is 0 Å². The van der Waals surface area contributed by atoms with Gasteiger partial charge in [0, 0.05) is 5.69 Å². The van der Waals surface area contributed by atoms with Gasteiger partial charge in [-0.05, 0) is 80.1 Å². The third kappa shape index (κ3) is 6.51. The fourth-order valence-electron chi connectivity index (χ4n) is 2.81. The summed E-state index contributed by atoms with van der Waals surface area (Å²) in [6.07, 6.45) is 0. The van der Waals surface area contributed by atoms with E-state index in [-0.39, 0.29) is 0 Å². The molecule has 3 aromatic carbocycles. The molecule has 0 aliphatic carbocycles. The normalized spacial score (nSPS) is 10.8. The Morgan fingerprint density at radius 1 is 0.818 bits per heavy atom. The molecule has 8 nitrogen and oxygen atoms in total. The highest BCUT2D eigenvalue weighted by molar-refractivity contribution is 6.39. The smallest absolute Gasteiger partial charge is 0.343 e. The Morgan fingerprint density at radius 3 is 2.12 bits per heavy atom. The fraction of sp³-hybridized carbons (Fsp3) is 0.120. The zero-order valence-corrected chi connectivity index (χ0v) is 18.4.